The summed E-state index contributed by atoms with van der Waals surface area (Å²) in [4.78, 5) is 26.4. The molecular formula is C18H16ClN5O. The number of carbonyl (C=O) groups is 1. The summed E-state index contributed by atoms with van der Waals surface area (Å²) >= 11 is 5.58. The lowest BCUT2D eigenvalue weighted by atomic mass is 10.1. The van der Waals surface area contributed by atoms with E-state index in [0.717, 1.165) is 16.9 Å². The highest BCUT2D eigenvalue weighted by Gasteiger charge is 2.17. The number of aromatic nitrogens is 3. The summed E-state index contributed by atoms with van der Waals surface area (Å²) in [5.74, 6) is 0.150. The van der Waals surface area contributed by atoms with E-state index in [1.54, 1.807) is 30.9 Å². The fourth-order valence-corrected chi connectivity index (χ4v) is 2.44. The van der Waals surface area contributed by atoms with E-state index in [-0.39, 0.29) is 11.8 Å². The van der Waals surface area contributed by atoms with Crippen LogP contribution in [0.5, 0.6) is 0 Å². The van der Waals surface area contributed by atoms with Gasteiger partial charge in [-0.1, -0.05) is 6.07 Å². The molecule has 0 aliphatic rings. The number of nitrogens with zero attached hydrogens (tertiary/aromatic N) is 4. The highest BCUT2D eigenvalue weighted by molar-refractivity contribution is 6.29. The normalized spacial score (nSPS) is 10.3. The summed E-state index contributed by atoms with van der Waals surface area (Å²) < 4.78 is 0. The van der Waals surface area contributed by atoms with Gasteiger partial charge in [0.25, 0.3) is 0 Å². The SMILES string of the molecule is Cc1ccc(NC(=O)CCl)cc1N(c1cccnc1)c1ncccn1. The van der Waals surface area contributed by atoms with Crippen molar-refractivity contribution in [3.05, 3.63) is 66.7 Å². The van der Waals surface area contributed by atoms with Crippen molar-refractivity contribution >= 4 is 40.5 Å². The molecule has 2 heterocycles. The summed E-state index contributed by atoms with van der Waals surface area (Å²) in [5, 5.41) is 2.76. The molecule has 7 heteroatoms. The number of hydrogen-bond donors (Lipinski definition) is 1. The average Bonchev–Trinajstić information content (AvgIpc) is 2.66. The van der Waals surface area contributed by atoms with Crippen LogP contribution in [0.15, 0.2) is 61.2 Å². The number of amides is 1. The first kappa shape index (κ1) is 16.9. The van der Waals surface area contributed by atoms with Gasteiger partial charge in [0.05, 0.1) is 17.6 Å². The number of pyridine rings is 1. The smallest absolute Gasteiger partial charge is 0.239 e. The number of nitrogens with one attached hydrogen (secondary N) is 1. The Morgan fingerprint density at radius 3 is 2.64 bits per heavy atom. The molecule has 0 aliphatic carbocycles. The third-order valence-corrected chi connectivity index (χ3v) is 3.75. The van der Waals surface area contributed by atoms with Crippen LogP contribution in [0.25, 0.3) is 0 Å². The molecule has 0 unspecified atom stereocenters. The van der Waals surface area contributed by atoms with E-state index in [0.29, 0.717) is 11.6 Å². The molecule has 0 atom stereocenters. The van der Waals surface area contributed by atoms with Crippen molar-refractivity contribution in [2.24, 2.45) is 0 Å². The number of benzene rings is 1. The number of aryl methyl sites for hydroxylation is 1. The lowest BCUT2D eigenvalue weighted by molar-refractivity contribution is -0.113. The van der Waals surface area contributed by atoms with Crippen LogP contribution in [-0.4, -0.2) is 26.7 Å². The Morgan fingerprint density at radius 1 is 1.16 bits per heavy atom. The third kappa shape index (κ3) is 3.92. The van der Waals surface area contributed by atoms with Crippen LogP contribution in [0.2, 0.25) is 0 Å². The lowest BCUT2D eigenvalue weighted by Gasteiger charge is -2.24. The molecule has 6 nitrogen and oxygen atoms in total. The number of hydrogen-bond acceptors (Lipinski definition) is 5. The Labute approximate surface area is 150 Å². The van der Waals surface area contributed by atoms with Gasteiger partial charge in [-0.3, -0.25) is 14.7 Å². The van der Waals surface area contributed by atoms with Crippen LogP contribution >= 0.6 is 11.6 Å². The monoisotopic (exact) mass is 353 g/mol. The number of halogens is 1. The van der Waals surface area contributed by atoms with Crippen LogP contribution in [0, 0.1) is 6.92 Å². The minimum Gasteiger partial charge on any atom is -0.325 e. The van der Waals surface area contributed by atoms with E-state index in [4.69, 9.17) is 11.6 Å². The van der Waals surface area contributed by atoms with E-state index in [2.05, 4.69) is 20.3 Å². The molecule has 0 radical (unpaired) electrons. The van der Waals surface area contributed by atoms with Crippen molar-refractivity contribution < 1.29 is 4.79 Å². The lowest BCUT2D eigenvalue weighted by Crippen LogP contribution is -2.16. The Balaban J connectivity index is 2.10. The van der Waals surface area contributed by atoms with E-state index < -0.39 is 0 Å². The molecule has 0 aliphatic heterocycles. The summed E-state index contributed by atoms with van der Waals surface area (Å²) in [5.41, 5.74) is 3.31. The maximum absolute atomic E-state index is 11.6. The predicted molar refractivity (Wildman–Crippen MR) is 98.6 cm³/mol. The number of alkyl halides is 1. The van der Waals surface area contributed by atoms with Crippen LogP contribution < -0.4 is 10.2 Å². The van der Waals surface area contributed by atoms with Gasteiger partial charge >= 0.3 is 0 Å². The quantitative estimate of drug-likeness (QED) is 0.706. The van der Waals surface area contributed by atoms with Gasteiger partial charge in [-0.15, -0.1) is 11.6 Å². The summed E-state index contributed by atoms with van der Waals surface area (Å²) in [6, 6.07) is 11.1. The van der Waals surface area contributed by atoms with Crippen LogP contribution in [0.3, 0.4) is 0 Å². The fraction of sp³-hybridized carbons (Fsp3) is 0.111. The second kappa shape index (κ2) is 7.72. The largest absolute Gasteiger partial charge is 0.325 e. The van der Waals surface area contributed by atoms with Gasteiger partial charge in [-0.25, -0.2) is 9.97 Å². The molecule has 2 aromatic heterocycles. The van der Waals surface area contributed by atoms with E-state index >= 15 is 0 Å². The van der Waals surface area contributed by atoms with Gasteiger partial charge in [0.1, 0.15) is 5.88 Å². The molecule has 0 fully saturated rings. The number of rotatable bonds is 5. The van der Waals surface area contributed by atoms with Crippen LogP contribution in [0.4, 0.5) is 23.0 Å². The zero-order valence-electron chi connectivity index (χ0n) is 13.6. The molecule has 1 aromatic carbocycles. The van der Waals surface area contributed by atoms with Gasteiger partial charge in [0.15, 0.2) is 0 Å². The molecule has 1 N–H and O–H groups in total. The fourth-order valence-electron chi connectivity index (χ4n) is 2.38. The first-order valence-electron chi connectivity index (χ1n) is 7.62. The first-order chi connectivity index (χ1) is 12.2. The molecule has 126 valence electrons. The minimum absolute atomic E-state index is 0.0999. The zero-order chi connectivity index (χ0) is 17.6. The van der Waals surface area contributed by atoms with E-state index in [1.165, 1.54) is 0 Å². The molecule has 25 heavy (non-hydrogen) atoms. The first-order valence-corrected chi connectivity index (χ1v) is 8.16. The molecular weight excluding hydrogens is 338 g/mol. The van der Waals surface area contributed by atoms with Gasteiger partial charge in [-0.05, 0) is 42.8 Å². The van der Waals surface area contributed by atoms with E-state index in [9.17, 15) is 4.79 Å². The van der Waals surface area contributed by atoms with Gasteiger partial charge in [-0.2, -0.15) is 0 Å². The Morgan fingerprint density at radius 2 is 1.96 bits per heavy atom. The van der Waals surface area contributed by atoms with Crippen molar-refractivity contribution in [2.75, 3.05) is 16.1 Å². The molecule has 0 saturated heterocycles. The summed E-state index contributed by atoms with van der Waals surface area (Å²) in [6.07, 6.45) is 6.80. The summed E-state index contributed by atoms with van der Waals surface area (Å²) in [6.45, 7) is 1.98. The van der Waals surface area contributed by atoms with Gasteiger partial charge in [0.2, 0.25) is 11.9 Å². The Hall–Kier alpha value is -2.99. The second-order valence-corrected chi connectivity index (χ2v) is 5.55. The minimum atomic E-state index is -0.264. The third-order valence-electron chi connectivity index (χ3n) is 3.51. The van der Waals surface area contributed by atoms with Crippen molar-refractivity contribution in [3.63, 3.8) is 0 Å². The molecule has 0 saturated carbocycles. The zero-order valence-corrected chi connectivity index (χ0v) is 14.3. The topological polar surface area (TPSA) is 71.0 Å². The highest BCUT2D eigenvalue weighted by Crippen LogP contribution is 2.35. The molecule has 1 amide bonds. The molecule has 0 spiro atoms. The second-order valence-electron chi connectivity index (χ2n) is 5.28. The van der Waals surface area contributed by atoms with Crippen molar-refractivity contribution in [1.82, 2.24) is 15.0 Å². The van der Waals surface area contributed by atoms with Gasteiger partial charge in [0, 0.05) is 24.3 Å². The van der Waals surface area contributed by atoms with Crippen molar-refractivity contribution in [2.45, 2.75) is 6.92 Å². The molecule has 3 aromatic rings. The number of anilines is 4. The van der Waals surface area contributed by atoms with Crippen LogP contribution in [0.1, 0.15) is 5.56 Å². The Kier molecular flexibility index (Phi) is 5.20. The van der Waals surface area contributed by atoms with Crippen LogP contribution in [-0.2, 0) is 4.79 Å². The predicted octanol–water partition coefficient (Wildman–Crippen LogP) is 3.83. The van der Waals surface area contributed by atoms with E-state index in [1.807, 2.05) is 42.2 Å². The average molecular weight is 354 g/mol. The maximum Gasteiger partial charge on any atom is 0.239 e. The van der Waals surface area contributed by atoms with Gasteiger partial charge < -0.3 is 5.32 Å². The maximum atomic E-state index is 11.6. The number of carbonyl (C=O) groups excluding carboxylic acids is 1. The van der Waals surface area contributed by atoms with Crippen molar-refractivity contribution in [1.29, 1.82) is 0 Å². The molecule has 0 bridgehead atoms. The standard InChI is InChI=1S/C18H16ClN5O/c1-13-5-6-14(23-17(25)11-19)10-16(13)24(15-4-2-7-20-12-15)18-21-8-3-9-22-18/h2-10,12H,11H2,1H3,(H,23,25). The molecule has 3 rings (SSSR count). The van der Waals surface area contributed by atoms with Crippen molar-refractivity contribution in [3.8, 4) is 0 Å². The Bertz CT molecular complexity index is 818. The summed E-state index contributed by atoms with van der Waals surface area (Å²) in [7, 11) is 0. The highest BCUT2D eigenvalue weighted by atomic mass is 35.5.